The van der Waals surface area contributed by atoms with Gasteiger partial charge in [-0.25, -0.2) is 8.42 Å². The highest BCUT2D eigenvalue weighted by Crippen LogP contribution is 2.41. The molecule has 15 rings (SSSR count). The first kappa shape index (κ1) is 79.4. The Kier molecular flexibility index (Phi) is 23.1. The molecule has 111 heavy (non-hydrogen) atoms. The molecule has 0 amide bonds. The molecule has 12 aromatic carbocycles. The standard InChI is InChI=1S/C29H22O8S2.C28H21NO5S.C15H10O4.C7H7ClO2S.C6H7N/c1-17-7-11-21(12-8-17)38(32,33)36-20-15-19(3)26-24(16-20)28(30)23-5-4-6-25(27(23)29(26)31)37-39(34,35)22-13-9-18(2)10-14-22;1-17-11-13-21(14-12-17)35(32,33)34-24-10-6-9-22-26(24)28(31)25-18(2)15-20(16-23(25)27(22)30)29-19-7-4-3-5-8-19;1-7-5-8(16)6-10-12(7)15(19)13-9(14(10)18)3-2-4-11(13)17;1-6-2-4-7(5-3-6)11(8,9)10;7-6-4-2-1-3-5-6/h4-16H,1-3H3;3-16,29H,1-2H3;2-6,16-17H,1H3;2-5H,1H3;1-5H,7H2. The Morgan fingerprint density at radius 3 is 1.08 bits per heavy atom. The van der Waals surface area contributed by atoms with Crippen molar-refractivity contribution in [2.45, 2.75) is 68.0 Å². The number of fused-ring (bicyclic) bond motifs is 6. The largest absolute Gasteiger partial charge is 0.508 e. The van der Waals surface area contributed by atoms with Gasteiger partial charge in [-0.2, -0.15) is 25.3 Å². The third-order valence-corrected chi connectivity index (χ3v) is 22.7. The summed E-state index contributed by atoms with van der Waals surface area (Å²) in [4.78, 5) is 78.8. The Labute approximate surface area is 645 Å². The third kappa shape index (κ3) is 17.6. The van der Waals surface area contributed by atoms with Gasteiger partial charge in [-0.3, -0.25) is 28.8 Å². The lowest BCUT2D eigenvalue weighted by molar-refractivity contribution is 0.0976. The molecule has 0 aromatic heterocycles. The van der Waals surface area contributed by atoms with E-state index in [1.54, 1.807) is 74.5 Å². The van der Waals surface area contributed by atoms with E-state index in [4.69, 9.17) is 29.0 Å². The van der Waals surface area contributed by atoms with Gasteiger partial charge in [0.1, 0.15) is 31.9 Å². The van der Waals surface area contributed by atoms with E-state index in [1.165, 1.54) is 134 Å². The van der Waals surface area contributed by atoms with Crippen molar-refractivity contribution in [3.8, 4) is 28.7 Å². The monoisotopic (exact) mass is 1580 g/mol. The fourth-order valence-electron chi connectivity index (χ4n) is 12.2. The van der Waals surface area contributed by atoms with Crippen LogP contribution in [0.25, 0.3) is 0 Å². The molecule has 12 aromatic rings. The Bertz CT molecular complexity index is 6240. The van der Waals surface area contributed by atoms with E-state index in [-0.39, 0.29) is 138 Å². The van der Waals surface area contributed by atoms with Crippen LogP contribution >= 0.6 is 10.7 Å². The van der Waals surface area contributed by atoms with Crippen molar-refractivity contribution >= 4 is 102 Å². The van der Waals surface area contributed by atoms with Crippen molar-refractivity contribution in [2.75, 3.05) is 11.1 Å². The molecule has 3 aliphatic rings. The van der Waals surface area contributed by atoms with Gasteiger partial charge in [0.25, 0.3) is 9.05 Å². The molecular formula is C85H67ClN2O19S4. The predicted molar refractivity (Wildman–Crippen MR) is 419 cm³/mol. The summed E-state index contributed by atoms with van der Waals surface area (Å²) in [6, 6.07) is 65.2. The Morgan fingerprint density at radius 2 is 0.667 bits per heavy atom. The number of phenolic OH excluding ortho intramolecular Hbond substituents is 2. The molecule has 3 aliphatic carbocycles. The van der Waals surface area contributed by atoms with Gasteiger partial charge in [0, 0.05) is 77.8 Å². The summed E-state index contributed by atoms with van der Waals surface area (Å²) >= 11 is 0. The molecule has 0 unspecified atom stereocenters. The summed E-state index contributed by atoms with van der Waals surface area (Å²) in [5.74, 6) is -3.63. The Hall–Kier alpha value is -12.7. The van der Waals surface area contributed by atoms with Gasteiger partial charge in [-0.05, 0) is 193 Å². The Morgan fingerprint density at radius 1 is 0.315 bits per heavy atom. The predicted octanol–water partition coefficient (Wildman–Crippen LogP) is 15.9. The molecule has 0 saturated carbocycles. The molecule has 0 fully saturated rings. The number of aromatic hydroxyl groups is 2. The molecule has 0 atom stereocenters. The van der Waals surface area contributed by atoms with Crippen LogP contribution in [0.3, 0.4) is 0 Å². The van der Waals surface area contributed by atoms with Crippen molar-refractivity contribution < 1.29 is 85.2 Å². The maximum Gasteiger partial charge on any atom is 0.339 e. The summed E-state index contributed by atoms with van der Waals surface area (Å²) in [5.41, 5.74) is 13.6. The van der Waals surface area contributed by atoms with E-state index in [0.29, 0.717) is 16.8 Å². The molecule has 0 saturated heterocycles. The topological polar surface area (TPSA) is 345 Å². The zero-order valence-corrected chi connectivity index (χ0v) is 64.1. The number of carbonyl (C=O) groups excluding carboxylic acids is 6. The fourth-order valence-corrected chi connectivity index (χ4v) is 15.7. The number of anilines is 3. The first-order valence-corrected chi connectivity index (χ1v) is 40.2. The van der Waals surface area contributed by atoms with Crippen LogP contribution in [0.1, 0.15) is 134 Å². The number of carbonyl (C=O) groups is 6. The summed E-state index contributed by atoms with van der Waals surface area (Å²) < 4.78 is 115. The highest BCUT2D eigenvalue weighted by Gasteiger charge is 2.39. The highest BCUT2D eigenvalue weighted by molar-refractivity contribution is 8.13. The molecule has 26 heteroatoms. The number of nitrogen functional groups attached to an aromatic ring is 1. The van der Waals surface area contributed by atoms with E-state index in [1.807, 2.05) is 88.4 Å². The van der Waals surface area contributed by atoms with Gasteiger partial charge in [-0.15, -0.1) is 0 Å². The third-order valence-electron chi connectivity index (χ3n) is 17.6. The van der Waals surface area contributed by atoms with Crippen LogP contribution < -0.4 is 23.6 Å². The summed E-state index contributed by atoms with van der Waals surface area (Å²) in [6.07, 6.45) is 0. The van der Waals surface area contributed by atoms with Crippen LogP contribution in [0.15, 0.2) is 268 Å². The summed E-state index contributed by atoms with van der Waals surface area (Å²) in [6.45, 7) is 12.3. The van der Waals surface area contributed by atoms with E-state index in [2.05, 4.69) is 5.32 Å². The number of nitrogens with two attached hydrogens (primary N) is 1. The van der Waals surface area contributed by atoms with Crippen molar-refractivity contribution in [2.24, 2.45) is 0 Å². The Balaban J connectivity index is 0.000000153. The van der Waals surface area contributed by atoms with Crippen LogP contribution in [0.2, 0.25) is 0 Å². The molecule has 0 aliphatic heterocycles. The number of para-hydroxylation sites is 2. The zero-order chi connectivity index (χ0) is 80.2. The highest BCUT2D eigenvalue weighted by atomic mass is 35.7. The van der Waals surface area contributed by atoms with Crippen LogP contribution in [0.5, 0.6) is 28.7 Å². The lowest BCUT2D eigenvalue weighted by atomic mass is 9.81. The zero-order valence-electron chi connectivity index (χ0n) is 60.1. The van der Waals surface area contributed by atoms with Gasteiger partial charge in [0.2, 0.25) is 0 Å². The quantitative estimate of drug-likeness (QED) is 0.0501. The average molecular weight is 1580 g/mol. The van der Waals surface area contributed by atoms with Gasteiger partial charge in [0.05, 0.1) is 21.6 Å². The van der Waals surface area contributed by atoms with Gasteiger partial charge >= 0.3 is 30.4 Å². The van der Waals surface area contributed by atoms with Crippen molar-refractivity contribution in [1.29, 1.82) is 0 Å². The van der Waals surface area contributed by atoms with Crippen molar-refractivity contribution in [3.05, 3.63) is 354 Å². The number of ketones is 6. The van der Waals surface area contributed by atoms with Gasteiger partial charge < -0.3 is 33.8 Å². The van der Waals surface area contributed by atoms with Crippen molar-refractivity contribution in [1.82, 2.24) is 0 Å². The van der Waals surface area contributed by atoms with Gasteiger partial charge in [-0.1, -0.05) is 144 Å². The molecule has 0 spiro atoms. The summed E-state index contributed by atoms with van der Waals surface area (Å²) in [7, 11) is -11.2. The SMILES string of the molecule is Cc1cc(O)cc2c1C(=O)c1c(O)cccc1C2=O.Cc1ccc(S(=O)(=O)Cl)cc1.Cc1ccc(S(=O)(=O)Oc2cc(C)c3c(c2)C(=O)c2cccc(OS(=O)(=O)c4ccc(C)cc4)c2C3=O)cc1.Cc1ccc(S(=O)(=O)Oc2cccc3c2C(=O)c2c(C)cc(Nc4ccccc4)cc2C3=O)cc1.Nc1ccccc1. The molecular weight excluding hydrogens is 1520 g/mol. The molecule has 0 radical (unpaired) electrons. The summed E-state index contributed by atoms with van der Waals surface area (Å²) in [5, 5.41) is 22.6. The maximum absolute atomic E-state index is 13.6. The minimum atomic E-state index is -4.30. The second kappa shape index (κ2) is 32.3. The first-order valence-electron chi connectivity index (χ1n) is 33.7. The minimum absolute atomic E-state index is 0.0105. The number of hydrogen-bond acceptors (Lipinski definition) is 21. The van der Waals surface area contributed by atoms with Crippen LogP contribution in [0.4, 0.5) is 17.1 Å². The van der Waals surface area contributed by atoms with Crippen LogP contribution in [0, 0.1) is 48.5 Å². The second-order valence-electron chi connectivity index (χ2n) is 25.8. The second-order valence-corrected chi connectivity index (χ2v) is 33.0. The van der Waals surface area contributed by atoms with Crippen LogP contribution in [-0.2, 0) is 39.4 Å². The first-order chi connectivity index (χ1) is 52.5. The molecule has 5 N–H and O–H groups in total. The minimum Gasteiger partial charge on any atom is -0.508 e. The van der Waals surface area contributed by atoms with E-state index >= 15 is 0 Å². The smallest absolute Gasteiger partial charge is 0.339 e. The maximum atomic E-state index is 13.6. The number of aryl methyl sites for hydroxylation is 7. The number of hydrogen-bond donors (Lipinski definition) is 4. The fraction of sp³-hybridized carbons (Fsp3) is 0.0824. The van der Waals surface area contributed by atoms with Crippen molar-refractivity contribution in [3.63, 3.8) is 0 Å². The number of halogens is 1. The molecule has 0 heterocycles. The number of rotatable bonds is 12. The average Bonchev–Trinajstić information content (AvgIpc) is 0.761. The number of nitrogens with one attached hydrogen (secondary N) is 1. The normalized spacial score (nSPS) is 12.5. The lowest BCUT2D eigenvalue weighted by Gasteiger charge is -2.22. The number of phenols is 2. The van der Waals surface area contributed by atoms with E-state index in [9.17, 15) is 72.7 Å². The lowest BCUT2D eigenvalue weighted by Crippen LogP contribution is -2.24. The molecule has 0 bridgehead atoms. The molecule has 21 nitrogen and oxygen atoms in total. The van der Waals surface area contributed by atoms with E-state index in [0.717, 1.165) is 33.6 Å². The molecule has 562 valence electrons. The van der Waals surface area contributed by atoms with Gasteiger partial charge in [0.15, 0.2) is 46.2 Å². The number of benzene rings is 12. The van der Waals surface area contributed by atoms with E-state index < -0.39 is 56.8 Å². The van der Waals surface area contributed by atoms with Crippen LogP contribution in [-0.4, -0.2) is 78.6 Å².